The zero-order chi connectivity index (χ0) is 18.4. The number of carbonyl (C=O) groups is 1. The molecule has 1 N–H and O–H groups in total. The van der Waals surface area contributed by atoms with Crippen LogP contribution < -0.4 is 5.43 Å². The van der Waals surface area contributed by atoms with Crippen molar-refractivity contribution in [1.82, 2.24) is 15.3 Å². The van der Waals surface area contributed by atoms with Crippen molar-refractivity contribution in [3.05, 3.63) is 64.9 Å². The minimum atomic E-state index is -0.00389. The lowest BCUT2D eigenvalue weighted by Gasteiger charge is -2.31. The molecule has 0 unspecified atom stereocenters. The molecule has 0 saturated carbocycles. The van der Waals surface area contributed by atoms with Crippen LogP contribution in [-0.4, -0.2) is 34.6 Å². The van der Waals surface area contributed by atoms with Crippen LogP contribution >= 0.6 is 11.6 Å². The van der Waals surface area contributed by atoms with Crippen LogP contribution in [0.15, 0.2) is 53.9 Å². The highest BCUT2D eigenvalue weighted by Crippen LogP contribution is 2.22. The minimum Gasteiger partial charge on any atom is -0.299 e. The Morgan fingerprint density at radius 2 is 1.92 bits per heavy atom. The van der Waals surface area contributed by atoms with Crippen LogP contribution in [0.5, 0.6) is 0 Å². The molecule has 1 aliphatic rings. The number of halogens is 1. The van der Waals surface area contributed by atoms with E-state index in [2.05, 4.69) is 26.5 Å². The van der Waals surface area contributed by atoms with Gasteiger partial charge in [0.15, 0.2) is 0 Å². The van der Waals surface area contributed by atoms with Crippen LogP contribution in [0, 0.1) is 5.92 Å². The second-order valence-corrected chi connectivity index (χ2v) is 6.96. The summed E-state index contributed by atoms with van der Waals surface area (Å²) in [6.07, 6.45) is 5.09. The first kappa shape index (κ1) is 18.5. The summed E-state index contributed by atoms with van der Waals surface area (Å²) in [5.74, 6) is 0.00212. The highest BCUT2D eigenvalue weighted by molar-refractivity contribution is 6.31. The van der Waals surface area contributed by atoms with Crippen molar-refractivity contribution in [1.29, 1.82) is 0 Å². The average Bonchev–Trinajstić information content (AvgIpc) is 2.69. The second kappa shape index (κ2) is 8.92. The quantitative estimate of drug-likeness (QED) is 0.647. The maximum Gasteiger partial charge on any atom is 0.243 e. The van der Waals surface area contributed by atoms with Crippen molar-refractivity contribution in [2.75, 3.05) is 13.1 Å². The number of benzene rings is 1. The van der Waals surface area contributed by atoms with Crippen molar-refractivity contribution in [3.8, 4) is 0 Å². The molecule has 2 aromatic rings. The number of rotatable bonds is 5. The summed E-state index contributed by atoms with van der Waals surface area (Å²) in [4.78, 5) is 18.7. The van der Waals surface area contributed by atoms with Gasteiger partial charge in [-0.15, -0.1) is 0 Å². The van der Waals surface area contributed by atoms with E-state index >= 15 is 0 Å². The number of nitrogens with zero attached hydrogens (tertiary/aromatic N) is 3. The maximum atomic E-state index is 12.4. The molecule has 3 rings (SSSR count). The molecule has 5 nitrogen and oxygen atoms in total. The molecule has 1 fully saturated rings. The third-order valence-corrected chi connectivity index (χ3v) is 5.11. The Balaban J connectivity index is 1.48. The lowest BCUT2D eigenvalue weighted by molar-refractivity contribution is -0.126. The lowest BCUT2D eigenvalue weighted by Crippen LogP contribution is -2.39. The molecule has 0 radical (unpaired) electrons. The van der Waals surface area contributed by atoms with Crippen LogP contribution in [0.3, 0.4) is 0 Å². The third kappa shape index (κ3) is 4.90. The Morgan fingerprint density at radius 3 is 2.62 bits per heavy atom. The summed E-state index contributed by atoms with van der Waals surface area (Å²) in [5, 5.41) is 5.03. The normalized spacial score (nSPS) is 16.5. The molecular formula is C20H23ClN4O. The molecule has 136 valence electrons. The highest BCUT2D eigenvalue weighted by Gasteiger charge is 2.25. The van der Waals surface area contributed by atoms with E-state index in [1.807, 2.05) is 37.3 Å². The van der Waals surface area contributed by atoms with E-state index in [-0.39, 0.29) is 11.8 Å². The molecule has 1 aromatic heterocycles. The smallest absolute Gasteiger partial charge is 0.243 e. The van der Waals surface area contributed by atoms with Crippen LogP contribution in [0.2, 0.25) is 5.02 Å². The zero-order valence-electron chi connectivity index (χ0n) is 14.9. The number of likely N-dealkylation sites (tertiary alicyclic amines) is 1. The summed E-state index contributed by atoms with van der Waals surface area (Å²) in [6, 6.07) is 11.7. The largest absolute Gasteiger partial charge is 0.299 e. The number of hydrogen-bond donors (Lipinski definition) is 1. The van der Waals surface area contributed by atoms with E-state index < -0.39 is 0 Å². The monoisotopic (exact) mass is 370 g/mol. The lowest BCUT2D eigenvalue weighted by atomic mass is 9.96. The van der Waals surface area contributed by atoms with Gasteiger partial charge in [0.05, 0.1) is 5.71 Å². The average molecular weight is 371 g/mol. The summed E-state index contributed by atoms with van der Waals surface area (Å²) < 4.78 is 0. The Morgan fingerprint density at radius 1 is 1.23 bits per heavy atom. The van der Waals surface area contributed by atoms with Gasteiger partial charge in [-0.25, -0.2) is 5.43 Å². The van der Waals surface area contributed by atoms with E-state index in [0.717, 1.165) is 54.3 Å². The van der Waals surface area contributed by atoms with Gasteiger partial charge >= 0.3 is 0 Å². The number of amides is 1. The van der Waals surface area contributed by atoms with Crippen LogP contribution in [0.4, 0.5) is 0 Å². The van der Waals surface area contributed by atoms with E-state index in [4.69, 9.17) is 11.6 Å². The third-order valence-electron chi connectivity index (χ3n) is 4.74. The summed E-state index contributed by atoms with van der Waals surface area (Å²) in [7, 11) is 0. The van der Waals surface area contributed by atoms with Gasteiger partial charge in [0, 0.05) is 35.4 Å². The van der Waals surface area contributed by atoms with Crippen molar-refractivity contribution >= 4 is 23.2 Å². The first-order valence-electron chi connectivity index (χ1n) is 8.84. The molecule has 6 heteroatoms. The topological polar surface area (TPSA) is 57.6 Å². The molecule has 0 bridgehead atoms. The van der Waals surface area contributed by atoms with Gasteiger partial charge < -0.3 is 0 Å². The molecule has 0 atom stereocenters. The second-order valence-electron chi connectivity index (χ2n) is 6.55. The van der Waals surface area contributed by atoms with E-state index in [0.29, 0.717) is 0 Å². The van der Waals surface area contributed by atoms with E-state index in [9.17, 15) is 4.79 Å². The molecular weight excluding hydrogens is 348 g/mol. The standard InChI is InChI=1S/C20H23ClN4O/c1-15(16-6-10-22-11-7-16)23-24-20(26)17-8-12-25(13-9-17)14-18-4-2-3-5-19(18)21/h2-7,10-11,17H,8-9,12-14H2,1H3,(H,24,26). The van der Waals surface area contributed by atoms with Crippen molar-refractivity contribution in [2.24, 2.45) is 11.0 Å². The van der Waals surface area contributed by atoms with Crippen molar-refractivity contribution in [2.45, 2.75) is 26.3 Å². The minimum absolute atomic E-state index is 0.00389. The van der Waals surface area contributed by atoms with Crippen molar-refractivity contribution < 1.29 is 4.79 Å². The molecule has 0 spiro atoms. The molecule has 2 heterocycles. The molecule has 26 heavy (non-hydrogen) atoms. The molecule has 1 saturated heterocycles. The zero-order valence-corrected chi connectivity index (χ0v) is 15.6. The van der Waals surface area contributed by atoms with Crippen LogP contribution in [-0.2, 0) is 11.3 Å². The number of hydrazone groups is 1. The SMILES string of the molecule is CC(=NNC(=O)C1CCN(Cc2ccccc2Cl)CC1)c1ccncc1. The molecule has 1 aromatic carbocycles. The summed E-state index contributed by atoms with van der Waals surface area (Å²) >= 11 is 6.23. The molecule has 1 amide bonds. The summed E-state index contributed by atoms with van der Waals surface area (Å²) in [6.45, 7) is 4.47. The first-order valence-corrected chi connectivity index (χ1v) is 9.21. The van der Waals surface area contributed by atoms with Gasteiger partial charge in [-0.3, -0.25) is 14.7 Å². The summed E-state index contributed by atoms with van der Waals surface area (Å²) in [5.41, 5.74) is 5.58. The van der Waals surface area contributed by atoms with Gasteiger partial charge in [0.25, 0.3) is 0 Å². The Hall–Kier alpha value is -2.24. The highest BCUT2D eigenvalue weighted by atomic mass is 35.5. The number of nitrogens with one attached hydrogen (secondary N) is 1. The number of aromatic nitrogens is 1. The number of carbonyl (C=O) groups excluding carboxylic acids is 1. The van der Waals surface area contributed by atoms with E-state index in [1.54, 1.807) is 12.4 Å². The van der Waals surface area contributed by atoms with Crippen LogP contribution in [0.25, 0.3) is 0 Å². The Kier molecular flexibility index (Phi) is 6.36. The maximum absolute atomic E-state index is 12.4. The number of hydrogen-bond acceptors (Lipinski definition) is 4. The van der Waals surface area contributed by atoms with Gasteiger partial charge in [-0.2, -0.15) is 5.10 Å². The molecule has 0 aliphatic carbocycles. The predicted octanol–water partition coefficient (Wildman–Crippen LogP) is 3.49. The van der Waals surface area contributed by atoms with Gasteiger partial charge in [-0.1, -0.05) is 29.8 Å². The number of pyridine rings is 1. The first-order chi connectivity index (χ1) is 12.6. The van der Waals surface area contributed by atoms with Gasteiger partial charge in [-0.05, 0) is 56.6 Å². The van der Waals surface area contributed by atoms with Gasteiger partial charge in [0.1, 0.15) is 0 Å². The Labute approximate surface area is 159 Å². The fraction of sp³-hybridized carbons (Fsp3) is 0.350. The fourth-order valence-corrected chi connectivity index (χ4v) is 3.30. The molecule has 1 aliphatic heterocycles. The predicted molar refractivity (Wildman–Crippen MR) is 104 cm³/mol. The Bertz CT molecular complexity index is 770. The van der Waals surface area contributed by atoms with E-state index in [1.165, 1.54) is 0 Å². The fourth-order valence-electron chi connectivity index (χ4n) is 3.11. The van der Waals surface area contributed by atoms with Crippen molar-refractivity contribution in [3.63, 3.8) is 0 Å². The number of piperidine rings is 1. The van der Waals surface area contributed by atoms with Crippen LogP contribution in [0.1, 0.15) is 30.9 Å². The van der Waals surface area contributed by atoms with Gasteiger partial charge in [0.2, 0.25) is 5.91 Å².